The number of piperazine rings is 1. The number of hydrogen-bond donors (Lipinski definition) is 0. The summed E-state index contributed by atoms with van der Waals surface area (Å²) in [6.45, 7) is 4.33. The Hall–Kier alpha value is -0.430. The Bertz CT molecular complexity index is 278. The first kappa shape index (κ1) is 15.6. The number of amides is 1. The van der Waals surface area contributed by atoms with E-state index in [1.807, 2.05) is 13.8 Å². The molecule has 0 spiro atoms. The van der Waals surface area contributed by atoms with Gasteiger partial charge in [-0.05, 0) is 12.7 Å². The monoisotopic (exact) mass is 284 g/mol. The van der Waals surface area contributed by atoms with Crippen LogP contribution in [-0.4, -0.2) is 65.6 Å². The topological polar surface area (TPSA) is 23.6 Å². The molecule has 0 bridgehead atoms. The van der Waals surface area contributed by atoms with E-state index in [1.165, 1.54) is 4.90 Å². The van der Waals surface area contributed by atoms with E-state index in [0.29, 0.717) is 26.2 Å². The van der Waals surface area contributed by atoms with Gasteiger partial charge in [0, 0.05) is 26.2 Å². The summed E-state index contributed by atoms with van der Waals surface area (Å²) in [5.74, 6) is 0.898. The fraction of sp³-hybridized carbons (Fsp3) is 0.909. The zero-order valence-electron chi connectivity index (χ0n) is 10.7. The molecule has 1 heterocycles. The number of carbonyl (C=O) groups excluding carboxylic acids is 1. The molecule has 0 radical (unpaired) electrons. The maximum Gasteiger partial charge on any atom is 0.401 e. The van der Waals surface area contributed by atoms with Crippen LogP contribution in [0.5, 0.6) is 0 Å². The maximum absolute atomic E-state index is 12.2. The van der Waals surface area contributed by atoms with E-state index >= 15 is 0 Å². The van der Waals surface area contributed by atoms with Gasteiger partial charge < -0.3 is 4.90 Å². The SMILES string of the molecule is CCSC(C)C(=O)N1CCN(CC(F)(F)F)CC1. The van der Waals surface area contributed by atoms with Crippen molar-refractivity contribution in [1.29, 1.82) is 0 Å². The van der Waals surface area contributed by atoms with E-state index in [4.69, 9.17) is 0 Å². The number of thioether (sulfide) groups is 1. The van der Waals surface area contributed by atoms with Crippen LogP contribution in [0.3, 0.4) is 0 Å². The lowest BCUT2D eigenvalue weighted by molar-refractivity contribution is -0.151. The van der Waals surface area contributed by atoms with Crippen molar-refractivity contribution in [3.63, 3.8) is 0 Å². The average molecular weight is 284 g/mol. The molecule has 3 nitrogen and oxygen atoms in total. The normalized spacial score (nSPS) is 19.9. The number of alkyl halides is 3. The Balaban J connectivity index is 2.37. The summed E-state index contributed by atoms with van der Waals surface area (Å²) in [6, 6.07) is 0. The molecule has 0 saturated carbocycles. The van der Waals surface area contributed by atoms with Crippen molar-refractivity contribution in [3.8, 4) is 0 Å². The third kappa shape index (κ3) is 5.06. The van der Waals surface area contributed by atoms with Gasteiger partial charge in [-0.2, -0.15) is 13.2 Å². The smallest absolute Gasteiger partial charge is 0.339 e. The first-order valence-corrected chi connectivity index (χ1v) is 7.08. The maximum atomic E-state index is 12.2. The Morgan fingerprint density at radius 2 is 1.83 bits per heavy atom. The van der Waals surface area contributed by atoms with Gasteiger partial charge in [0.1, 0.15) is 0 Å². The molecule has 0 aromatic carbocycles. The largest absolute Gasteiger partial charge is 0.401 e. The molecule has 18 heavy (non-hydrogen) atoms. The molecule has 1 aliphatic rings. The molecular weight excluding hydrogens is 265 g/mol. The van der Waals surface area contributed by atoms with Gasteiger partial charge in [0.2, 0.25) is 5.91 Å². The average Bonchev–Trinajstić information content (AvgIpc) is 2.27. The second-order valence-corrected chi connectivity index (χ2v) is 5.93. The molecule has 0 aromatic rings. The molecule has 0 aliphatic carbocycles. The highest BCUT2D eigenvalue weighted by molar-refractivity contribution is 8.00. The van der Waals surface area contributed by atoms with Crippen molar-refractivity contribution < 1.29 is 18.0 Å². The van der Waals surface area contributed by atoms with Gasteiger partial charge in [-0.3, -0.25) is 9.69 Å². The Kier molecular flexibility index (Phi) is 5.78. The van der Waals surface area contributed by atoms with Crippen molar-refractivity contribution in [2.75, 3.05) is 38.5 Å². The minimum Gasteiger partial charge on any atom is -0.339 e. The standard InChI is InChI=1S/C11H19F3N2OS/c1-3-18-9(2)10(17)16-6-4-15(5-7-16)8-11(12,13)14/h9H,3-8H2,1-2H3. The predicted octanol–water partition coefficient (Wildman–Crippen LogP) is 1.83. The zero-order valence-corrected chi connectivity index (χ0v) is 11.5. The zero-order chi connectivity index (χ0) is 13.8. The van der Waals surface area contributed by atoms with Crippen LogP contribution in [-0.2, 0) is 4.79 Å². The van der Waals surface area contributed by atoms with Crippen molar-refractivity contribution in [1.82, 2.24) is 9.80 Å². The first-order valence-electron chi connectivity index (χ1n) is 6.03. The van der Waals surface area contributed by atoms with E-state index in [1.54, 1.807) is 16.7 Å². The summed E-state index contributed by atoms with van der Waals surface area (Å²) in [6.07, 6.45) is -4.16. The molecule has 1 rings (SSSR count). The Morgan fingerprint density at radius 3 is 2.28 bits per heavy atom. The van der Waals surface area contributed by atoms with Gasteiger partial charge in [-0.15, -0.1) is 11.8 Å². The molecule has 1 amide bonds. The van der Waals surface area contributed by atoms with Gasteiger partial charge in [0.25, 0.3) is 0 Å². The molecule has 1 aliphatic heterocycles. The quantitative estimate of drug-likeness (QED) is 0.787. The highest BCUT2D eigenvalue weighted by Crippen LogP contribution is 2.19. The number of carbonyl (C=O) groups is 1. The van der Waals surface area contributed by atoms with Crippen LogP contribution in [0.4, 0.5) is 13.2 Å². The minimum atomic E-state index is -4.16. The summed E-state index contributed by atoms with van der Waals surface area (Å²) in [7, 11) is 0. The lowest BCUT2D eigenvalue weighted by Gasteiger charge is -2.36. The lowest BCUT2D eigenvalue weighted by Crippen LogP contribution is -2.52. The Morgan fingerprint density at radius 1 is 1.28 bits per heavy atom. The van der Waals surface area contributed by atoms with Gasteiger partial charge >= 0.3 is 6.18 Å². The molecule has 0 N–H and O–H groups in total. The van der Waals surface area contributed by atoms with Crippen molar-refractivity contribution >= 4 is 17.7 Å². The third-order valence-corrected chi connectivity index (χ3v) is 3.89. The number of hydrogen-bond acceptors (Lipinski definition) is 3. The van der Waals surface area contributed by atoms with Gasteiger partial charge in [0.05, 0.1) is 11.8 Å². The second-order valence-electron chi connectivity index (χ2n) is 4.31. The summed E-state index contributed by atoms with van der Waals surface area (Å²) in [4.78, 5) is 15.0. The molecule has 0 aromatic heterocycles. The first-order chi connectivity index (χ1) is 8.33. The molecule has 1 unspecified atom stereocenters. The fourth-order valence-corrected chi connectivity index (χ4v) is 2.75. The number of halogens is 3. The third-order valence-electron chi connectivity index (χ3n) is 2.85. The van der Waals surface area contributed by atoms with Crippen LogP contribution in [0, 0.1) is 0 Å². The summed E-state index contributed by atoms with van der Waals surface area (Å²) < 4.78 is 36.6. The predicted molar refractivity (Wildman–Crippen MR) is 66.7 cm³/mol. The molecule has 1 atom stereocenters. The molecule has 106 valence electrons. The highest BCUT2D eigenvalue weighted by atomic mass is 32.2. The van der Waals surface area contributed by atoms with Gasteiger partial charge in [-0.25, -0.2) is 0 Å². The number of nitrogens with zero attached hydrogens (tertiary/aromatic N) is 2. The van der Waals surface area contributed by atoms with Crippen molar-refractivity contribution in [2.24, 2.45) is 0 Å². The van der Waals surface area contributed by atoms with Crippen LogP contribution in [0.2, 0.25) is 0 Å². The Labute approximate surface area is 110 Å². The van der Waals surface area contributed by atoms with E-state index in [-0.39, 0.29) is 11.2 Å². The van der Waals surface area contributed by atoms with Crippen LogP contribution in [0.15, 0.2) is 0 Å². The van der Waals surface area contributed by atoms with E-state index in [0.717, 1.165) is 5.75 Å². The van der Waals surface area contributed by atoms with Crippen LogP contribution < -0.4 is 0 Å². The lowest BCUT2D eigenvalue weighted by atomic mass is 10.3. The molecule has 1 fully saturated rings. The highest BCUT2D eigenvalue weighted by Gasteiger charge is 2.33. The van der Waals surface area contributed by atoms with Gasteiger partial charge in [0.15, 0.2) is 0 Å². The van der Waals surface area contributed by atoms with Gasteiger partial charge in [-0.1, -0.05) is 6.92 Å². The summed E-state index contributed by atoms with van der Waals surface area (Å²) >= 11 is 1.56. The van der Waals surface area contributed by atoms with Crippen LogP contribution in [0.1, 0.15) is 13.8 Å². The minimum absolute atomic E-state index is 0.0357. The number of rotatable bonds is 4. The van der Waals surface area contributed by atoms with E-state index in [9.17, 15) is 18.0 Å². The molecule has 1 saturated heterocycles. The second kappa shape index (κ2) is 6.65. The van der Waals surface area contributed by atoms with Crippen LogP contribution in [0.25, 0.3) is 0 Å². The van der Waals surface area contributed by atoms with E-state index < -0.39 is 12.7 Å². The summed E-state index contributed by atoms with van der Waals surface area (Å²) in [5.41, 5.74) is 0. The van der Waals surface area contributed by atoms with Crippen LogP contribution >= 0.6 is 11.8 Å². The molecular formula is C11H19F3N2OS. The van der Waals surface area contributed by atoms with E-state index in [2.05, 4.69) is 0 Å². The molecule has 7 heteroatoms. The van der Waals surface area contributed by atoms with Crippen molar-refractivity contribution in [2.45, 2.75) is 25.3 Å². The fourth-order valence-electron chi connectivity index (χ4n) is 1.96. The van der Waals surface area contributed by atoms with Crippen molar-refractivity contribution in [3.05, 3.63) is 0 Å². The summed E-state index contributed by atoms with van der Waals surface area (Å²) in [5, 5.41) is -0.107.